The monoisotopic (exact) mass is 569 g/mol. The van der Waals surface area contributed by atoms with Crippen molar-refractivity contribution in [3.05, 3.63) is 59.2 Å². The maximum atomic E-state index is 13.6. The highest BCUT2D eigenvalue weighted by Crippen LogP contribution is 2.63. The highest BCUT2D eigenvalue weighted by Gasteiger charge is 2.65. The number of fused-ring (bicyclic) bond motifs is 7. The van der Waals surface area contributed by atoms with E-state index in [0.29, 0.717) is 18.9 Å². The van der Waals surface area contributed by atoms with E-state index in [2.05, 4.69) is 21.4 Å². The molecule has 3 aliphatic rings. The number of aromatic nitrogens is 1. The van der Waals surface area contributed by atoms with Gasteiger partial charge in [0.25, 0.3) is 5.91 Å². The summed E-state index contributed by atoms with van der Waals surface area (Å²) in [6.45, 7) is 2.04. The minimum atomic E-state index is -3.96. The van der Waals surface area contributed by atoms with Gasteiger partial charge in [0, 0.05) is 54.3 Å². The highest BCUT2D eigenvalue weighted by atomic mass is 32.2. The fourth-order valence-electron chi connectivity index (χ4n) is 6.91. The van der Waals surface area contributed by atoms with Crippen molar-refractivity contribution in [2.45, 2.75) is 68.6 Å². The van der Waals surface area contributed by atoms with Gasteiger partial charge >= 0.3 is 10.2 Å². The first-order valence-corrected chi connectivity index (χ1v) is 16.8. The molecule has 0 bridgehead atoms. The Balaban J connectivity index is 1.61. The number of amides is 1. The quantitative estimate of drug-likeness (QED) is 0.468. The van der Waals surface area contributed by atoms with Crippen LogP contribution in [0.4, 0.5) is 0 Å². The molecule has 2 heterocycles. The smallest absolute Gasteiger partial charge is 0.303 e. The predicted molar refractivity (Wildman–Crippen MR) is 153 cm³/mol. The molecule has 3 aromatic rings. The van der Waals surface area contributed by atoms with Crippen LogP contribution in [0.2, 0.25) is 0 Å². The number of nitrogens with zero attached hydrogens (tertiary/aromatic N) is 2. The van der Waals surface area contributed by atoms with Crippen molar-refractivity contribution >= 4 is 36.9 Å². The number of rotatable bonds is 6. The van der Waals surface area contributed by atoms with Gasteiger partial charge in [0.1, 0.15) is 0 Å². The molecule has 208 valence electrons. The van der Waals surface area contributed by atoms with Crippen LogP contribution in [0, 0.1) is 0 Å². The lowest BCUT2D eigenvalue weighted by Crippen LogP contribution is -2.39. The Labute approximate surface area is 230 Å². The van der Waals surface area contributed by atoms with Crippen LogP contribution in [0.25, 0.3) is 22.2 Å². The van der Waals surface area contributed by atoms with E-state index >= 15 is 0 Å². The number of carbonyl (C=O) groups is 1. The Hall–Kier alpha value is -2.69. The normalized spacial score (nSPS) is 23.1. The summed E-state index contributed by atoms with van der Waals surface area (Å²) < 4.78 is 56.2. The zero-order valence-electron chi connectivity index (χ0n) is 22.6. The molecule has 6 rings (SSSR count). The summed E-state index contributed by atoms with van der Waals surface area (Å²) in [7, 11) is -4.62. The molecule has 2 atom stereocenters. The van der Waals surface area contributed by atoms with Gasteiger partial charge in [-0.15, -0.1) is 0 Å². The van der Waals surface area contributed by atoms with Gasteiger partial charge in [-0.3, -0.25) is 4.79 Å². The van der Waals surface area contributed by atoms with Crippen LogP contribution >= 0.6 is 0 Å². The zero-order chi connectivity index (χ0) is 27.7. The number of benzene rings is 2. The third kappa shape index (κ3) is 4.05. The van der Waals surface area contributed by atoms with E-state index in [-0.39, 0.29) is 17.2 Å². The van der Waals surface area contributed by atoms with Gasteiger partial charge < -0.3 is 4.57 Å². The second-order valence-corrected chi connectivity index (χ2v) is 16.0. The average Bonchev–Trinajstić information content (AvgIpc) is 3.60. The minimum Gasteiger partial charge on any atom is -0.339 e. The summed E-state index contributed by atoms with van der Waals surface area (Å²) in [5, 5.41) is 1.02. The van der Waals surface area contributed by atoms with E-state index in [4.69, 9.17) is 0 Å². The summed E-state index contributed by atoms with van der Waals surface area (Å²) >= 11 is 0. The number of sulfone groups is 1. The summed E-state index contributed by atoms with van der Waals surface area (Å²) in [6, 6.07) is 13.5. The average molecular weight is 570 g/mol. The molecule has 0 saturated heterocycles. The third-order valence-electron chi connectivity index (χ3n) is 9.12. The Kier molecular flexibility index (Phi) is 6.24. The second-order valence-electron chi connectivity index (χ2n) is 11.4. The first-order valence-electron chi connectivity index (χ1n) is 13.7. The Bertz CT molecular complexity index is 1700. The van der Waals surface area contributed by atoms with Crippen molar-refractivity contribution in [1.29, 1.82) is 0 Å². The van der Waals surface area contributed by atoms with Crippen molar-refractivity contribution in [2.75, 3.05) is 19.8 Å². The Morgan fingerprint density at radius 1 is 1.05 bits per heavy atom. The molecule has 2 unspecified atom stereocenters. The molecular formula is C29H35N3O5S2. The van der Waals surface area contributed by atoms with Gasteiger partial charge in [0.15, 0.2) is 9.84 Å². The number of hydrogen-bond acceptors (Lipinski definition) is 5. The van der Waals surface area contributed by atoms with Gasteiger partial charge in [-0.1, -0.05) is 56.5 Å². The molecule has 1 amide bonds. The lowest BCUT2D eigenvalue weighted by Gasteiger charge is -2.24. The van der Waals surface area contributed by atoms with Crippen LogP contribution in [0.5, 0.6) is 0 Å². The summed E-state index contributed by atoms with van der Waals surface area (Å²) in [4.78, 5) is 13.1. The van der Waals surface area contributed by atoms with E-state index < -0.39 is 30.7 Å². The van der Waals surface area contributed by atoms with E-state index in [9.17, 15) is 21.6 Å². The van der Waals surface area contributed by atoms with Crippen LogP contribution in [-0.4, -0.2) is 56.2 Å². The molecule has 8 nitrogen and oxygen atoms in total. The Morgan fingerprint density at radius 2 is 1.77 bits per heavy atom. The van der Waals surface area contributed by atoms with Crippen molar-refractivity contribution < 1.29 is 21.6 Å². The predicted octanol–water partition coefficient (Wildman–Crippen LogP) is 4.57. The molecule has 2 aromatic carbocycles. The fourth-order valence-corrected chi connectivity index (χ4v) is 9.33. The van der Waals surface area contributed by atoms with Gasteiger partial charge in [-0.25, -0.2) is 13.1 Å². The Morgan fingerprint density at radius 3 is 2.46 bits per heavy atom. The van der Waals surface area contributed by atoms with Crippen molar-refractivity contribution in [3.8, 4) is 11.3 Å². The highest BCUT2D eigenvalue weighted by molar-refractivity contribution is 7.93. The zero-order valence-corrected chi connectivity index (χ0v) is 24.2. The number of nitrogens with one attached hydrogen (secondary N) is 1. The molecule has 1 N–H and O–H groups in total. The third-order valence-corrected chi connectivity index (χ3v) is 13.1. The maximum absolute atomic E-state index is 13.6. The van der Waals surface area contributed by atoms with E-state index in [1.54, 1.807) is 19.1 Å². The van der Waals surface area contributed by atoms with E-state index in [1.165, 1.54) is 26.1 Å². The minimum absolute atomic E-state index is 0.0653. The lowest BCUT2D eigenvalue weighted by molar-refractivity contribution is 0.0979. The second kappa shape index (κ2) is 9.17. The molecular weight excluding hydrogens is 534 g/mol. The summed E-state index contributed by atoms with van der Waals surface area (Å²) in [6.07, 6.45) is 6.24. The molecule has 10 heteroatoms. The molecule has 0 radical (unpaired) electrons. The molecule has 2 saturated carbocycles. The fraction of sp³-hybridized carbons (Fsp3) is 0.483. The van der Waals surface area contributed by atoms with E-state index in [1.807, 2.05) is 18.2 Å². The number of hydrogen-bond donors (Lipinski definition) is 1. The van der Waals surface area contributed by atoms with Gasteiger partial charge in [-0.05, 0) is 48.4 Å². The van der Waals surface area contributed by atoms with Crippen molar-refractivity contribution in [1.82, 2.24) is 13.6 Å². The molecule has 39 heavy (non-hydrogen) atoms. The van der Waals surface area contributed by atoms with E-state index in [0.717, 1.165) is 57.7 Å². The van der Waals surface area contributed by atoms with Crippen LogP contribution in [0.15, 0.2) is 42.5 Å². The molecule has 1 aliphatic heterocycles. The topological polar surface area (TPSA) is 106 Å². The largest absolute Gasteiger partial charge is 0.339 e. The van der Waals surface area contributed by atoms with Gasteiger partial charge in [0.05, 0.1) is 10.4 Å². The van der Waals surface area contributed by atoms with Crippen LogP contribution in [0.1, 0.15) is 78.8 Å². The van der Waals surface area contributed by atoms with Crippen LogP contribution in [0.3, 0.4) is 0 Å². The van der Waals surface area contributed by atoms with Crippen molar-refractivity contribution in [3.63, 3.8) is 0 Å². The first-order chi connectivity index (χ1) is 18.5. The number of carbonyl (C=O) groups excluding carboxylic acids is 1. The molecule has 1 aromatic heterocycles. The van der Waals surface area contributed by atoms with Crippen LogP contribution in [-0.2, 0) is 26.6 Å². The van der Waals surface area contributed by atoms with Crippen LogP contribution < -0.4 is 4.72 Å². The van der Waals surface area contributed by atoms with Gasteiger partial charge in [0.2, 0.25) is 0 Å². The SMILES string of the molecule is CCS(=O)(=O)C12CC1c1ccccc1-c1c(C3CCCCC3)c3ccc(C(=O)NS(=O)(=O)N(C)C)cc3n1C2. The standard InChI is InChI=1S/C29H35N3O5S2/c1-4-38(34,35)29-17-24(29)21-12-8-9-13-22(21)27-26(19-10-6-5-7-11-19)23-15-14-20(16-25(23)32(27)18-29)28(33)30-39(36,37)31(2)3/h8-9,12-16,19,24H,4-7,10-11,17-18H2,1-3H3,(H,30,33). The molecule has 0 spiro atoms. The lowest BCUT2D eigenvalue weighted by atomic mass is 9.81. The maximum Gasteiger partial charge on any atom is 0.303 e. The van der Waals surface area contributed by atoms with Crippen molar-refractivity contribution in [2.24, 2.45) is 0 Å². The van der Waals surface area contributed by atoms with Gasteiger partial charge in [-0.2, -0.15) is 12.7 Å². The first kappa shape index (κ1) is 26.5. The summed E-state index contributed by atoms with van der Waals surface area (Å²) in [5.74, 6) is -0.363. The molecule has 2 aliphatic carbocycles. The molecule has 2 fully saturated rings. The summed E-state index contributed by atoms with van der Waals surface area (Å²) in [5.41, 5.74) is 5.46.